The minimum atomic E-state index is -0.110. The number of aromatic nitrogens is 2. The zero-order valence-electron chi connectivity index (χ0n) is 14.1. The molecule has 5 nitrogen and oxygen atoms in total. The van der Waals surface area contributed by atoms with Crippen molar-refractivity contribution in [2.24, 2.45) is 5.92 Å². The Kier molecular flexibility index (Phi) is 3.85. The first-order valence-electron chi connectivity index (χ1n) is 7.93. The number of hydrogen-bond donors (Lipinski definition) is 0. The first kappa shape index (κ1) is 15.3. The molecule has 0 radical (unpaired) electrons. The maximum Gasteiger partial charge on any atom is 0.232 e. The Labute approximate surface area is 131 Å². The highest BCUT2D eigenvalue weighted by Crippen LogP contribution is 2.47. The molecule has 2 aromatic heterocycles. The highest BCUT2D eigenvalue weighted by Gasteiger charge is 2.36. The fourth-order valence-corrected chi connectivity index (χ4v) is 2.58. The fourth-order valence-electron chi connectivity index (χ4n) is 2.58. The smallest absolute Gasteiger partial charge is 0.232 e. The molecule has 0 saturated heterocycles. The Hall–Kier alpha value is -1.62. The van der Waals surface area contributed by atoms with E-state index in [1.54, 1.807) is 0 Å². The second-order valence-electron chi connectivity index (χ2n) is 7.56. The third-order valence-corrected chi connectivity index (χ3v) is 4.10. The van der Waals surface area contributed by atoms with Gasteiger partial charge >= 0.3 is 0 Å². The molecule has 5 heteroatoms. The van der Waals surface area contributed by atoms with Gasteiger partial charge in [-0.05, 0) is 31.5 Å². The van der Waals surface area contributed by atoms with E-state index in [2.05, 4.69) is 54.9 Å². The highest BCUT2D eigenvalue weighted by molar-refractivity contribution is 5.17. The van der Waals surface area contributed by atoms with Crippen molar-refractivity contribution in [3.05, 3.63) is 35.4 Å². The van der Waals surface area contributed by atoms with Crippen LogP contribution in [0, 0.1) is 5.92 Å². The predicted octanol–water partition coefficient (Wildman–Crippen LogP) is 3.72. The Morgan fingerprint density at radius 2 is 2.00 bits per heavy atom. The van der Waals surface area contributed by atoms with Crippen LogP contribution in [-0.4, -0.2) is 22.1 Å². The Morgan fingerprint density at radius 1 is 1.27 bits per heavy atom. The van der Waals surface area contributed by atoms with Crippen molar-refractivity contribution in [1.29, 1.82) is 0 Å². The van der Waals surface area contributed by atoms with Gasteiger partial charge in [-0.3, -0.25) is 4.90 Å². The molecule has 0 bridgehead atoms. The van der Waals surface area contributed by atoms with Gasteiger partial charge in [0.05, 0.1) is 13.1 Å². The summed E-state index contributed by atoms with van der Waals surface area (Å²) in [5.41, 5.74) is -0.110. The molecule has 0 amide bonds. The first-order valence-corrected chi connectivity index (χ1v) is 7.93. The van der Waals surface area contributed by atoms with E-state index in [0.29, 0.717) is 18.4 Å². The van der Waals surface area contributed by atoms with Crippen LogP contribution in [0.25, 0.3) is 0 Å². The lowest BCUT2D eigenvalue weighted by Crippen LogP contribution is -2.18. The van der Waals surface area contributed by atoms with Gasteiger partial charge in [-0.25, -0.2) is 0 Å². The van der Waals surface area contributed by atoms with E-state index in [0.717, 1.165) is 29.8 Å². The van der Waals surface area contributed by atoms with Crippen LogP contribution in [-0.2, 0) is 18.5 Å². The summed E-state index contributed by atoms with van der Waals surface area (Å²) in [6.07, 6.45) is 1.25. The minimum absolute atomic E-state index is 0.110. The molecule has 0 aliphatic heterocycles. The normalized spacial score (nSPS) is 21.5. The molecule has 0 N–H and O–H groups in total. The summed E-state index contributed by atoms with van der Waals surface area (Å²) in [6.45, 7) is 9.86. The predicted molar refractivity (Wildman–Crippen MR) is 83.4 cm³/mol. The van der Waals surface area contributed by atoms with Gasteiger partial charge < -0.3 is 8.94 Å². The van der Waals surface area contributed by atoms with Gasteiger partial charge in [0.2, 0.25) is 5.89 Å². The Balaban J connectivity index is 1.57. The summed E-state index contributed by atoms with van der Waals surface area (Å²) in [6, 6.07) is 4.19. The van der Waals surface area contributed by atoms with E-state index >= 15 is 0 Å². The molecule has 22 heavy (non-hydrogen) atoms. The zero-order valence-corrected chi connectivity index (χ0v) is 14.1. The summed E-state index contributed by atoms with van der Waals surface area (Å²) in [4.78, 5) is 6.60. The van der Waals surface area contributed by atoms with Crippen molar-refractivity contribution in [1.82, 2.24) is 15.0 Å². The molecule has 0 spiro atoms. The highest BCUT2D eigenvalue weighted by atomic mass is 16.5. The van der Waals surface area contributed by atoms with E-state index in [-0.39, 0.29) is 5.41 Å². The molecule has 0 aromatic carbocycles. The van der Waals surface area contributed by atoms with Crippen LogP contribution in [0.2, 0.25) is 0 Å². The molecule has 2 atom stereocenters. The van der Waals surface area contributed by atoms with E-state index in [1.165, 1.54) is 6.42 Å². The standard InChI is InChI=1S/C17H25N3O2/c1-11-8-13(11)14-7-6-12(21-14)9-20(5)10-15-18-16(22-19-15)17(2,3)4/h6-7,11,13H,8-10H2,1-5H3. The number of rotatable bonds is 5. The van der Waals surface area contributed by atoms with Gasteiger partial charge in [-0.2, -0.15) is 4.98 Å². The molecule has 1 fully saturated rings. The van der Waals surface area contributed by atoms with E-state index < -0.39 is 0 Å². The Bertz CT molecular complexity index is 638. The molecule has 2 heterocycles. The van der Waals surface area contributed by atoms with Crippen LogP contribution in [0.5, 0.6) is 0 Å². The van der Waals surface area contributed by atoms with Crippen LogP contribution < -0.4 is 0 Å². The zero-order chi connectivity index (χ0) is 15.9. The van der Waals surface area contributed by atoms with Crippen LogP contribution >= 0.6 is 0 Å². The summed E-state index contributed by atoms with van der Waals surface area (Å²) >= 11 is 0. The second-order valence-corrected chi connectivity index (χ2v) is 7.56. The summed E-state index contributed by atoms with van der Waals surface area (Å²) in [5.74, 6) is 4.92. The lowest BCUT2D eigenvalue weighted by molar-refractivity contribution is 0.269. The largest absolute Gasteiger partial charge is 0.464 e. The Morgan fingerprint density at radius 3 is 2.59 bits per heavy atom. The molecule has 3 rings (SSSR count). The maximum atomic E-state index is 5.94. The third kappa shape index (κ3) is 3.40. The number of nitrogens with zero attached hydrogens (tertiary/aromatic N) is 3. The van der Waals surface area contributed by atoms with Crippen molar-refractivity contribution in [2.45, 2.75) is 58.5 Å². The van der Waals surface area contributed by atoms with Gasteiger partial charge in [0, 0.05) is 11.3 Å². The molecular weight excluding hydrogens is 278 g/mol. The molecular formula is C17H25N3O2. The van der Waals surface area contributed by atoms with Gasteiger partial charge in [0.1, 0.15) is 11.5 Å². The second kappa shape index (κ2) is 5.54. The molecule has 2 unspecified atom stereocenters. The molecule has 1 aliphatic rings. The maximum absolute atomic E-state index is 5.94. The van der Waals surface area contributed by atoms with Crippen molar-refractivity contribution >= 4 is 0 Å². The summed E-state index contributed by atoms with van der Waals surface area (Å²) in [5, 5.41) is 4.06. The van der Waals surface area contributed by atoms with Gasteiger partial charge in [-0.15, -0.1) is 0 Å². The lowest BCUT2D eigenvalue weighted by atomic mass is 9.97. The van der Waals surface area contributed by atoms with Gasteiger partial charge in [0.25, 0.3) is 0 Å². The molecule has 1 aliphatic carbocycles. The topological polar surface area (TPSA) is 55.3 Å². The van der Waals surface area contributed by atoms with Crippen LogP contribution in [0.1, 0.15) is 63.3 Å². The summed E-state index contributed by atoms with van der Waals surface area (Å²) in [7, 11) is 2.04. The number of hydrogen-bond acceptors (Lipinski definition) is 5. The van der Waals surface area contributed by atoms with Gasteiger partial charge in [-0.1, -0.05) is 32.9 Å². The van der Waals surface area contributed by atoms with E-state index in [4.69, 9.17) is 8.94 Å². The van der Waals surface area contributed by atoms with E-state index in [1.807, 2.05) is 7.05 Å². The number of furan rings is 1. The quantitative estimate of drug-likeness (QED) is 0.842. The van der Waals surface area contributed by atoms with E-state index in [9.17, 15) is 0 Å². The van der Waals surface area contributed by atoms with Crippen molar-refractivity contribution in [3.8, 4) is 0 Å². The van der Waals surface area contributed by atoms with Crippen molar-refractivity contribution < 1.29 is 8.94 Å². The minimum Gasteiger partial charge on any atom is -0.464 e. The van der Waals surface area contributed by atoms with Gasteiger partial charge in [0.15, 0.2) is 5.82 Å². The first-order chi connectivity index (χ1) is 10.3. The molecule has 1 saturated carbocycles. The van der Waals surface area contributed by atoms with Crippen molar-refractivity contribution in [3.63, 3.8) is 0 Å². The fraction of sp³-hybridized carbons (Fsp3) is 0.647. The average Bonchev–Trinajstić information content (AvgIpc) is 2.84. The monoisotopic (exact) mass is 303 g/mol. The lowest BCUT2D eigenvalue weighted by Gasteiger charge is -2.12. The SMILES string of the molecule is CC1CC1c1ccc(CN(C)Cc2noc(C(C)(C)C)n2)o1. The average molecular weight is 303 g/mol. The third-order valence-electron chi connectivity index (χ3n) is 4.10. The van der Waals surface area contributed by atoms with Crippen molar-refractivity contribution in [2.75, 3.05) is 7.05 Å². The van der Waals surface area contributed by atoms with Crippen LogP contribution in [0.4, 0.5) is 0 Å². The molecule has 120 valence electrons. The summed E-state index contributed by atoms with van der Waals surface area (Å²) < 4.78 is 11.3. The molecule has 2 aromatic rings. The van der Waals surface area contributed by atoms with Crippen LogP contribution in [0.3, 0.4) is 0 Å². The van der Waals surface area contributed by atoms with Crippen LogP contribution in [0.15, 0.2) is 21.1 Å².